The fraction of sp³-hybridized carbons (Fsp3) is 0.476. The predicted molar refractivity (Wildman–Crippen MR) is 99.8 cm³/mol. The molecular formula is C21H30N2O. The molecule has 1 aromatic heterocycles. The van der Waals surface area contributed by atoms with Crippen molar-refractivity contribution in [2.75, 3.05) is 0 Å². The molecule has 0 aliphatic carbocycles. The molecule has 0 aliphatic rings. The molecule has 0 fully saturated rings. The van der Waals surface area contributed by atoms with Crippen LogP contribution in [-0.2, 0) is 17.9 Å². The lowest BCUT2D eigenvalue weighted by Gasteiger charge is -2.27. The van der Waals surface area contributed by atoms with E-state index >= 15 is 0 Å². The molecule has 0 spiro atoms. The van der Waals surface area contributed by atoms with Gasteiger partial charge in [-0.2, -0.15) is 0 Å². The molecule has 0 aliphatic heterocycles. The monoisotopic (exact) mass is 326 g/mol. The van der Waals surface area contributed by atoms with Gasteiger partial charge in [0.15, 0.2) is 0 Å². The maximum Gasteiger partial charge on any atom is 0.223 e. The summed E-state index contributed by atoms with van der Waals surface area (Å²) >= 11 is 0. The lowest BCUT2D eigenvalue weighted by Crippen LogP contribution is -2.36. The number of nitrogens with zero attached hydrogens (tertiary/aromatic N) is 2. The maximum absolute atomic E-state index is 12.6. The second-order valence-electron chi connectivity index (χ2n) is 6.69. The minimum atomic E-state index is 0.221. The van der Waals surface area contributed by atoms with E-state index in [0.717, 1.165) is 25.8 Å². The van der Waals surface area contributed by atoms with Crippen molar-refractivity contribution in [1.82, 2.24) is 9.47 Å². The van der Waals surface area contributed by atoms with E-state index in [9.17, 15) is 4.79 Å². The first kappa shape index (κ1) is 18.3. The normalized spacial score (nSPS) is 11.0. The largest absolute Gasteiger partial charge is 0.345 e. The summed E-state index contributed by atoms with van der Waals surface area (Å²) in [6.45, 7) is 7.90. The van der Waals surface area contributed by atoms with Crippen LogP contribution in [-0.4, -0.2) is 21.4 Å². The molecule has 0 bridgehead atoms. The molecule has 0 saturated carbocycles. The summed E-state index contributed by atoms with van der Waals surface area (Å²) in [7, 11) is 0. The molecule has 0 unspecified atom stereocenters. The Morgan fingerprint density at radius 2 is 1.83 bits per heavy atom. The molecule has 0 radical (unpaired) electrons. The van der Waals surface area contributed by atoms with Gasteiger partial charge in [0.25, 0.3) is 0 Å². The molecule has 3 heteroatoms. The quantitative estimate of drug-likeness (QED) is 0.604. The molecule has 3 nitrogen and oxygen atoms in total. The number of amides is 1. The van der Waals surface area contributed by atoms with Crippen molar-refractivity contribution in [2.45, 2.75) is 65.6 Å². The average molecular weight is 326 g/mol. The van der Waals surface area contributed by atoms with Crippen LogP contribution in [0.25, 0.3) is 0 Å². The van der Waals surface area contributed by atoms with Crippen LogP contribution in [0.15, 0.2) is 48.7 Å². The van der Waals surface area contributed by atoms with Gasteiger partial charge in [-0.25, -0.2) is 0 Å². The first-order valence-electron chi connectivity index (χ1n) is 9.09. The zero-order valence-electron chi connectivity index (χ0n) is 15.2. The Hall–Kier alpha value is -2.03. The fourth-order valence-corrected chi connectivity index (χ4v) is 2.93. The van der Waals surface area contributed by atoms with E-state index in [1.165, 1.54) is 11.3 Å². The smallest absolute Gasteiger partial charge is 0.223 e. The van der Waals surface area contributed by atoms with Crippen LogP contribution in [0, 0.1) is 0 Å². The third-order valence-electron chi connectivity index (χ3n) is 4.39. The van der Waals surface area contributed by atoms with Crippen molar-refractivity contribution in [3.8, 4) is 0 Å². The summed E-state index contributed by atoms with van der Waals surface area (Å²) in [6, 6.07) is 14.9. The van der Waals surface area contributed by atoms with Gasteiger partial charge in [-0.1, -0.05) is 50.1 Å². The molecule has 24 heavy (non-hydrogen) atoms. The van der Waals surface area contributed by atoms with Gasteiger partial charge in [0, 0.05) is 30.9 Å². The zero-order chi connectivity index (χ0) is 17.4. The minimum Gasteiger partial charge on any atom is -0.345 e. The van der Waals surface area contributed by atoms with Crippen LogP contribution in [0.5, 0.6) is 0 Å². The molecule has 2 aromatic rings. The number of benzene rings is 1. The number of unbranched alkanes of at least 4 members (excludes halogenated alkanes) is 2. The molecule has 1 amide bonds. The molecule has 0 N–H and O–H groups in total. The van der Waals surface area contributed by atoms with Crippen LogP contribution >= 0.6 is 0 Å². The van der Waals surface area contributed by atoms with Gasteiger partial charge >= 0.3 is 0 Å². The highest BCUT2D eigenvalue weighted by atomic mass is 16.2. The number of rotatable bonds is 9. The summed E-state index contributed by atoms with van der Waals surface area (Å²) in [5.41, 5.74) is 2.47. The van der Waals surface area contributed by atoms with Crippen molar-refractivity contribution in [1.29, 1.82) is 0 Å². The van der Waals surface area contributed by atoms with Crippen molar-refractivity contribution < 1.29 is 4.79 Å². The lowest BCUT2D eigenvalue weighted by molar-refractivity contribution is -0.133. The van der Waals surface area contributed by atoms with Crippen molar-refractivity contribution >= 4 is 5.91 Å². The van der Waals surface area contributed by atoms with E-state index in [1.807, 2.05) is 11.0 Å². The highest BCUT2D eigenvalue weighted by Crippen LogP contribution is 2.14. The number of hydrogen-bond donors (Lipinski definition) is 0. The molecule has 0 saturated heterocycles. The topological polar surface area (TPSA) is 25.2 Å². The van der Waals surface area contributed by atoms with Crippen LogP contribution in [0.2, 0.25) is 0 Å². The second kappa shape index (κ2) is 9.31. The van der Waals surface area contributed by atoms with E-state index in [-0.39, 0.29) is 11.9 Å². The average Bonchev–Trinajstić information content (AvgIpc) is 3.00. The molecule has 1 heterocycles. The summed E-state index contributed by atoms with van der Waals surface area (Å²) in [6.07, 6.45) is 6.02. The molecule has 0 atom stereocenters. The van der Waals surface area contributed by atoms with E-state index in [2.05, 4.69) is 67.9 Å². The van der Waals surface area contributed by atoms with Crippen LogP contribution in [0.1, 0.15) is 57.7 Å². The summed E-state index contributed by atoms with van der Waals surface area (Å²) in [5.74, 6) is 0.269. The number of carbonyl (C=O) groups excluding carboxylic acids is 1. The van der Waals surface area contributed by atoms with Crippen molar-refractivity contribution in [3.63, 3.8) is 0 Å². The van der Waals surface area contributed by atoms with Crippen molar-refractivity contribution in [3.05, 3.63) is 59.9 Å². The number of aromatic nitrogens is 1. The maximum atomic E-state index is 12.6. The van der Waals surface area contributed by atoms with Gasteiger partial charge in [-0.3, -0.25) is 4.79 Å². The lowest BCUT2D eigenvalue weighted by atomic mass is 10.1. The zero-order valence-corrected chi connectivity index (χ0v) is 15.2. The Kier molecular flexibility index (Phi) is 7.10. The molecular weight excluding hydrogens is 296 g/mol. The van der Waals surface area contributed by atoms with Crippen molar-refractivity contribution in [2.24, 2.45) is 0 Å². The molecule has 130 valence electrons. The number of carbonyl (C=O) groups is 1. The Labute approximate surface area is 146 Å². The fourth-order valence-electron chi connectivity index (χ4n) is 2.93. The third-order valence-corrected chi connectivity index (χ3v) is 4.39. The van der Waals surface area contributed by atoms with E-state index < -0.39 is 0 Å². The van der Waals surface area contributed by atoms with Crippen LogP contribution in [0.4, 0.5) is 0 Å². The van der Waals surface area contributed by atoms with Gasteiger partial charge in [-0.15, -0.1) is 0 Å². The van der Waals surface area contributed by atoms with Gasteiger partial charge < -0.3 is 9.47 Å². The Balaban J connectivity index is 2.05. The Morgan fingerprint density at radius 3 is 2.50 bits per heavy atom. The van der Waals surface area contributed by atoms with E-state index in [4.69, 9.17) is 0 Å². The predicted octanol–water partition coefficient (Wildman–Crippen LogP) is 4.85. The van der Waals surface area contributed by atoms with E-state index in [0.29, 0.717) is 13.0 Å². The Bertz CT molecular complexity index is 616. The highest BCUT2D eigenvalue weighted by Gasteiger charge is 2.18. The van der Waals surface area contributed by atoms with Gasteiger partial charge in [-0.05, 0) is 38.0 Å². The third kappa shape index (κ3) is 5.26. The SMILES string of the molecule is CCCCCC(=O)N(Cc1cccn1Cc1ccccc1)C(C)C. The van der Waals surface area contributed by atoms with Gasteiger partial charge in [0.05, 0.1) is 6.54 Å². The van der Waals surface area contributed by atoms with E-state index in [1.54, 1.807) is 0 Å². The Morgan fingerprint density at radius 1 is 1.08 bits per heavy atom. The van der Waals surface area contributed by atoms with Gasteiger partial charge in [0.1, 0.15) is 0 Å². The summed E-state index contributed by atoms with van der Waals surface area (Å²) < 4.78 is 2.24. The minimum absolute atomic E-state index is 0.221. The first-order valence-corrected chi connectivity index (χ1v) is 9.09. The van der Waals surface area contributed by atoms with Gasteiger partial charge in [0.2, 0.25) is 5.91 Å². The standard InChI is InChI=1S/C21H30N2O/c1-4-5-7-14-21(24)23(18(2)3)17-20-13-10-15-22(20)16-19-11-8-6-9-12-19/h6,8-13,15,18H,4-5,7,14,16-17H2,1-3H3. The number of hydrogen-bond acceptors (Lipinski definition) is 1. The summed E-state index contributed by atoms with van der Waals surface area (Å²) in [4.78, 5) is 14.6. The van der Waals surface area contributed by atoms with Crippen LogP contribution < -0.4 is 0 Å². The molecule has 2 rings (SSSR count). The van der Waals surface area contributed by atoms with Crippen LogP contribution in [0.3, 0.4) is 0 Å². The first-order chi connectivity index (χ1) is 11.6. The summed E-state index contributed by atoms with van der Waals surface area (Å²) in [5, 5.41) is 0. The highest BCUT2D eigenvalue weighted by molar-refractivity contribution is 5.76. The second-order valence-corrected chi connectivity index (χ2v) is 6.69. The molecule has 1 aromatic carbocycles.